The van der Waals surface area contributed by atoms with Crippen LogP contribution in [-0.4, -0.2) is 18.2 Å². The van der Waals surface area contributed by atoms with E-state index in [0.717, 1.165) is 28.3 Å². The van der Waals surface area contributed by atoms with Crippen LogP contribution in [0.1, 0.15) is 21.5 Å². The highest BCUT2D eigenvalue weighted by atomic mass is 16.5. The van der Waals surface area contributed by atoms with Crippen molar-refractivity contribution in [2.24, 2.45) is 0 Å². The predicted octanol–water partition coefficient (Wildman–Crippen LogP) is 3.75. The molecule has 0 radical (unpaired) electrons. The molecule has 4 heteroatoms. The molecule has 2 aromatic carbocycles. The van der Waals surface area contributed by atoms with Gasteiger partial charge in [-0.05, 0) is 55.3 Å². The van der Waals surface area contributed by atoms with Crippen molar-refractivity contribution < 1.29 is 14.6 Å². The van der Waals surface area contributed by atoms with Gasteiger partial charge in [-0.15, -0.1) is 0 Å². The van der Waals surface area contributed by atoms with Crippen LogP contribution >= 0.6 is 0 Å². The molecule has 0 bridgehead atoms. The Balaban J connectivity index is 2.35. The normalized spacial score (nSPS) is 10.2. The average Bonchev–Trinajstić information content (AvgIpc) is 2.41. The average molecular weight is 271 g/mol. The van der Waals surface area contributed by atoms with Crippen LogP contribution in [0.25, 0.3) is 0 Å². The molecule has 0 saturated carbocycles. The van der Waals surface area contributed by atoms with Gasteiger partial charge in [0.05, 0.1) is 18.4 Å². The lowest BCUT2D eigenvalue weighted by Crippen LogP contribution is -2.00. The molecule has 0 unspecified atom stereocenters. The van der Waals surface area contributed by atoms with Crippen molar-refractivity contribution in [3.8, 4) is 5.75 Å². The number of benzene rings is 2. The molecule has 0 amide bonds. The van der Waals surface area contributed by atoms with Gasteiger partial charge in [-0.3, -0.25) is 0 Å². The fourth-order valence-corrected chi connectivity index (χ4v) is 2.00. The van der Waals surface area contributed by atoms with Crippen LogP contribution in [0, 0.1) is 13.8 Å². The summed E-state index contributed by atoms with van der Waals surface area (Å²) in [6.45, 7) is 3.88. The number of nitrogens with one attached hydrogen (secondary N) is 1. The smallest absolute Gasteiger partial charge is 0.335 e. The summed E-state index contributed by atoms with van der Waals surface area (Å²) < 4.78 is 5.32. The molecule has 0 aromatic heterocycles. The largest absolute Gasteiger partial charge is 0.495 e. The van der Waals surface area contributed by atoms with Crippen LogP contribution in [-0.2, 0) is 0 Å². The first kappa shape index (κ1) is 13.9. The molecule has 0 aliphatic carbocycles. The fourth-order valence-electron chi connectivity index (χ4n) is 2.00. The maximum absolute atomic E-state index is 10.9. The Morgan fingerprint density at radius 2 is 1.85 bits per heavy atom. The molecular weight excluding hydrogens is 254 g/mol. The number of carbonyl (C=O) groups is 1. The highest BCUT2D eigenvalue weighted by Gasteiger charge is 2.08. The quantitative estimate of drug-likeness (QED) is 0.889. The zero-order chi connectivity index (χ0) is 14.7. The van der Waals surface area contributed by atoms with E-state index < -0.39 is 5.97 Å². The predicted molar refractivity (Wildman–Crippen MR) is 79.2 cm³/mol. The minimum atomic E-state index is -0.923. The lowest BCUT2D eigenvalue weighted by Gasteiger charge is -2.14. The van der Waals surface area contributed by atoms with Crippen LogP contribution in [0.15, 0.2) is 36.4 Å². The van der Waals surface area contributed by atoms with E-state index in [1.165, 1.54) is 0 Å². The van der Waals surface area contributed by atoms with E-state index >= 15 is 0 Å². The van der Waals surface area contributed by atoms with Gasteiger partial charge in [0.25, 0.3) is 0 Å². The number of carboxylic acid groups (broad SMARTS) is 1. The highest BCUT2D eigenvalue weighted by Crippen LogP contribution is 2.30. The molecular formula is C16H17NO3. The van der Waals surface area contributed by atoms with Crippen molar-refractivity contribution in [1.82, 2.24) is 0 Å². The third-order valence-corrected chi connectivity index (χ3v) is 3.10. The Morgan fingerprint density at radius 1 is 1.10 bits per heavy atom. The Bertz CT molecular complexity index is 650. The van der Waals surface area contributed by atoms with Gasteiger partial charge < -0.3 is 15.2 Å². The lowest BCUT2D eigenvalue weighted by atomic mass is 10.1. The van der Waals surface area contributed by atoms with E-state index in [1.807, 2.05) is 32.0 Å². The van der Waals surface area contributed by atoms with Gasteiger partial charge in [-0.25, -0.2) is 4.79 Å². The van der Waals surface area contributed by atoms with Gasteiger partial charge >= 0.3 is 5.97 Å². The molecule has 20 heavy (non-hydrogen) atoms. The summed E-state index contributed by atoms with van der Waals surface area (Å²) in [5, 5.41) is 12.2. The number of hydrogen-bond acceptors (Lipinski definition) is 3. The van der Waals surface area contributed by atoms with Gasteiger partial charge in [0.2, 0.25) is 0 Å². The third-order valence-electron chi connectivity index (χ3n) is 3.10. The minimum absolute atomic E-state index is 0.282. The van der Waals surface area contributed by atoms with Crippen molar-refractivity contribution in [1.29, 1.82) is 0 Å². The standard InChI is InChI=1S/C16H17NO3/c1-10-4-7-15(20-3)14(8-10)17-13-6-5-12(16(18)19)9-11(13)2/h4-9,17H,1-3H3,(H,18,19). The van der Waals surface area contributed by atoms with E-state index in [-0.39, 0.29) is 5.56 Å². The molecule has 2 rings (SSSR count). The number of carboxylic acids is 1. The van der Waals surface area contributed by atoms with Crippen LogP contribution in [0.3, 0.4) is 0 Å². The molecule has 4 nitrogen and oxygen atoms in total. The highest BCUT2D eigenvalue weighted by molar-refractivity contribution is 5.88. The first-order valence-electron chi connectivity index (χ1n) is 6.27. The molecule has 2 aromatic rings. The summed E-state index contributed by atoms with van der Waals surface area (Å²) in [5.74, 6) is -0.176. The monoisotopic (exact) mass is 271 g/mol. The number of hydrogen-bond donors (Lipinski definition) is 2. The molecule has 0 aliphatic rings. The second-order valence-corrected chi connectivity index (χ2v) is 4.66. The number of methoxy groups -OCH3 is 1. The van der Waals surface area contributed by atoms with Crippen LogP contribution in [0.5, 0.6) is 5.75 Å². The fraction of sp³-hybridized carbons (Fsp3) is 0.188. The molecule has 0 fully saturated rings. The topological polar surface area (TPSA) is 58.6 Å². The Hall–Kier alpha value is -2.49. The Kier molecular flexibility index (Phi) is 3.94. The number of aryl methyl sites for hydroxylation is 2. The van der Waals surface area contributed by atoms with E-state index in [2.05, 4.69) is 5.32 Å². The van der Waals surface area contributed by atoms with Gasteiger partial charge in [-0.2, -0.15) is 0 Å². The molecule has 0 atom stereocenters. The van der Waals surface area contributed by atoms with Crippen molar-refractivity contribution in [2.75, 3.05) is 12.4 Å². The van der Waals surface area contributed by atoms with Gasteiger partial charge in [0.15, 0.2) is 0 Å². The van der Waals surface area contributed by atoms with E-state index in [1.54, 1.807) is 25.3 Å². The van der Waals surface area contributed by atoms with Gasteiger partial charge in [-0.1, -0.05) is 6.07 Å². The molecule has 2 N–H and O–H groups in total. The van der Waals surface area contributed by atoms with Crippen LogP contribution in [0.2, 0.25) is 0 Å². The second-order valence-electron chi connectivity index (χ2n) is 4.66. The van der Waals surface area contributed by atoms with E-state index in [4.69, 9.17) is 9.84 Å². The first-order chi connectivity index (χ1) is 9.51. The van der Waals surface area contributed by atoms with Crippen molar-refractivity contribution in [3.63, 3.8) is 0 Å². The summed E-state index contributed by atoms with van der Waals surface area (Å²) in [6.07, 6.45) is 0. The second kappa shape index (κ2) is 5.65. The Labute approximate surface area is 118 Å². The summed E-state index contributed by atoms with van der Waals surface area (Å²) in [5.41, 5.74) is 3.99. The summed E-state index contributed by atoms with van der Waals surface area (Å²) >= 11 is 0. The van der Waals surface area contributed by atoms with Crippen molar-refractivity contribution in [2.45, 2.75) is 13.8 Å². The third kappa shape index (κ3) is 2.91. The summed E-state index contributed by atoms with van der Waals surface area (Å²) in [4.78, 5) is 10.9. The zero-order valence-corrected chi connectivity index (χ0v) is 11.7. The van der Waals surface area contributed by atoms with E-state index in [9.17, 15) is 4.79 Å². The minimum Gasteiger partial charge on any atom is -0.495 e. The van der Waals surface area contributed by atoms with Crippen molar-refractivity contribution >= 4 is 17.3 Å². The maximum atomic E-state index is 10.9. The number of ether oxygens (including phenoxy) is 1. The summed E-state index contributed by atoms with van der Waals surface area (Å²) in [7, 11) is 1.62. The number of aromatic carboxylic acids is 1. The lowest BCUT2D eigenvalue weighted by molar-refractivity contribution is 0.0697. The molecule has 0 aliphatic heterocycles. The van der Waals surface area contributed by atoms with Crippen molar-refractivity contribution in [3.05, 3.63) is 53.1 Å². The molecule has 104 valence electrons. The van der Waals surface area contributed by atoms with E-state index in [0.29, 0.717) is 0 Å². The van der Waals surface area contributed by atoms with Gasteiger partial charge in [0.1, 0.15) is 5.75 Å². The van der Waals surface area contributed by atoms with Crippen LogP contribution in [0.4, 0.5) is 11.4 Å². The molecule has 0 spiro atoms. The summed E-state index contributed by atoms with van der Waals surface area (Å²) in [6, 6.07) is 10.9. The zero-order valence-electron chi connectivity index (χ0n) is 11.7. The SMILES string of the molecule is COc1ccc(C)cc1Nc1ccc(C(=O)O)cc1C. The Morgan fingerprint density at radius 3 is 2.45 bits per heavy atom. The maximum Gasteiger partial charge on any atom is 0.335 e. The first-order valence-corrected chi connectivity index (χ1v) is 6.27. The van der Waals surface area contributed by atoms with Gasteiger partial charge in [0, 0.05) is 5.69 Å². The number of rotatable bonds is 4. The molecule has 0 saturated heterocycles. The molecule has 0 heterocycles. The number of anilines is 2. The van der Waals surface area contributed by atoms with Crippen LogP contribution < -0.4 is 10.1 Å².